The van der Waals surface area contributed by atoms with Gasteiger partial charge in [0.1, 0.15) is 0 Å². The fourth-order valence-electron chi connectivity index (χ4n) is 1.82. The van der Waals surface area contributed by atoms with Crippen LogP contribution in [0.2, 0.25) is 10.0 Å². The molecule has 0 saturated carbocycles. The van der Waals surface area contributed by atoms with Crippen LogP contribution in [0, 0.1) is 0 Å². The number of rotatable bonds is 4. The largest absolute Gasteiger partial charge is 0.462 e. The Bertz CT molecular complexity index is 519. The number of fused-ring (bicyclic) bond motifs is 1. The molecule has 4 heteroatoms. The van der Waals surface area contributed by atoms with Crippen LogP contribution in [-0.2, 0) is 6.42 Å². The molecule has 0 fully saturated rings. The highest BCUT2D eigenvalue weighted by molar-refractivity contribution is 6.39. The van der Waals surface area contributed by atoms with Crippen molar-refractivity contribution in [3.05, 3.63) is 34.0 Å². The number of hydrogen-bond donors (Lipinski definition) is 1. The minimum atomic E-state index is 0.479. The van der Waals surface area contributed by atoms with Gasteiger partial charge in [0, 0.05) is 17.0 Å². The molecule has 0 aliphatic carbocycles. The second kappa shape index (κ2) is 5.30. The Kier molecular flexibility index (Phi) is 3.97. The zero-order valence-corrected chi connectivity index (χ0v) is 11.4. The Morgan fingerprint density at radius 1 is 1.24 bits per heavy atom. The summed E-state index contributed by atoms with van der Waals surface area (Å²) in [5, 5.41) is 5.60. The lowest BCUT2D eigenvalue weighted by molar-refractivity contribution is 0.580. The van der Waals surface area contributed by atoms with Crippen LogP contribution in [0.4, 0.5) is 0 Å². The third-order valence-electron chi connectivity index (χ3n) is 2.65. The van der Waals surface area contributed by atoms with Crippen molar-refractivity contribution in [2.75, 3.05) is 6.54 Å². The third kappa shape index (κ3) is 2.76. The molecule has 1 heterocycles. The number of halogens is 2. The summed E-state index contributed by atoms with van der Waals surface area (Å²) in [6.45, 7) is 5.14. The van der Waals surface area contributed by atoms with E-state index in [1.54, 1.807) is 18.4 Å². The van der Waals surface area contributed by atoms with Crippen molar-refractivity contribution < 1.29 is 4.42 Å². The maximum atomic E-state index is 6.18. The minimum absolute atomic E-state index is 0.479. The molecule has 1 N–H and O–H groups in total. The van der Waals surface area contributed by atoms with Gasteiger partial charge in [-0.15, -0.1) is 0 Å². The average Bonchev–Trinajstić information content (AvgIpc) is 2.68. The summed E-state index contributed by atoms with van der Waals surface area (Å²) in [5.74, 6) is 0. The van der Waals surface area contributed by atoms with E-state index in [0.29, 0.717) is 21.7 Å². The van der Waals surface area contributed by atoms with E-state index < -0.39 is 0 Å². The molecule has 0 spiro atoms. The molecule has 0 saturated heterocycles. The molecule has 0 radical (unpaired) electrons. The van der Waals surface area contributed by atoms with Crippen LogP contribution in [0.5, 0.6) is 0 Å². The van der Waals surface area contributed by atoms with Gasteiger partial charge in [0.15, 0.2) is 5.58 Å². The molecule has 2 nitrogen and oxygen atoms in total. The van der Waals surface area contributed by atoms with E-state index in [2.05, 4.69) is 19.2 Å². The number of furan rings is 1. The highest BCUT2D eigenvalue weighted by Gasteiger charge is 2.12. The first-order valence-corrected chi connectivity index (χ1v) is 6.42. The van der Waals surface area contributed by atoms with Crippen molar-refractivity contribution in [3.8, 4) is 0 Å². The number of hydrogen-bond acceptors (Lipinski definition) is 2. The van der Waals surface area contributed by atoms with Crippen LogP contribution in [-0.4, -0.2) is 12.6 Å². The number of nitrogens with one attached hydrogen (secondary N) is 1. The Morgan fingerprint density at radius 3 is 2.65 bits per heavy atom. The van der Waals surface area contributed by atoms with Crippen molar-refractivity contribution in [1.29, 1.82) is 0 Å². The van der Waals surface area contributed by atoms with Gasteiger partial charge in [-0.05, 0) is 25.1 Å². The zero-order valence-electron chi connectivity index (χ0n) is 9.89. The van der Waals surface area contributed by atoms with Crippen molar-refractivity contribution >= 4 is 34.2 Å². The van der Waals surface area contributed by atoms with Gasteiger partial charge in [0.05, 0.1) is 16.3 Å². The Balaban J connectivity index is 2.26. The summed E-state index contributed by atoms with van der Waals surface area (Å²) in [6.07, 6.45) is 2.62. The van der Waals surface area contributed by atoms with E-state index in [9.17, 15) is 0 Å². The van der Waals surface area contributed by atoms with Crippen LogP contribution in [0.1, 0.15) is 19.4 Å². The summed E-state index contributed by atoms with van der Waals surface area (Å²) in [4.78, 5) is 0. The van der Waals surface area contributed by atoms with Gasteiger partial charge in [-0.1, -0.05) is 37.0 Å². The predicted molar refractivity (Wildman–Crippen MR) is 73.1 cm³/mol. The minimum Gasteiger partial charge on any atom is -0.462 e. The molecule has 0 aliphatic rings. The van der Waals surface area contributed by atoms with Gasteiger partial charge >= 0.3 is 0 Å². The van der Waals surface area contributed by atoms with E-state index >= 15 is 0 Å². The first-order valence-electron chi connectivity index (χ1n) is 5.67. The van der Waals surface area contributed by atoms with E-state index in [1.807, 2.05) is 0 Å². The quantitative estimate of drug-likeness (QED) is 0.898. The second-order valence-electron chi connectivity index (χ2n) is 4.35. The van der Waals surface area contributed by atoms with Crippen LogP contribution in [0.15, 0.2) is 22.8 Å². The van der Waals surface area contributed by atoms with E-state index in [-0.39, 0.29) is 0 Å². The normalized spacial score (nSPS) is 11.6. The summed E-state index contributed by atoms with van der Waals surface area (Å²) < 4.78 is 5.47. The standard InChI is InChI=1S/C13H15Cl2NO/c1-8(2)16-6-5-9-7-17-13-11(15)4-3-10(14)12(9)13/h3-4,7-8,16H,5-6H2,1-2H3. The van der Waals surface area contributed by atoms with Gasteiger partial charge in [-0.2, -0.15) is 0 Å². The van der Waals surface area contributed by atoms with Gasteiger partial charge in [-0.25, -0.2) is 0 Å². The first-order chi connectivity index (χ1) is 8.09. The molecule has 0 amide bonds. The van der Waals surface area contributed by atoms with Gasteiger partial charge in [0.2, 0.25) is 0 Å². The smallest absolute Gasteiger partial charge is 0.154 e. The SMILES string of the molecule is CC(C)NCCc1coc2c(Cl)ccc(Cl)c12. The van der Waals surface area contributed by atoms with E-state index in [4.69, 9.17) is 27.6 Å². The van der Waals surface area contributed by atoms with Crippen LogP contribution >= 0.6 is 23.2 Å². The van der Waals surface area contributed by atoms with Crippen molar-refractivity contribution in [1.82, 2.24) is 5.32 Å². The molecule has 92 valence electrons. The molecular formula is C13H15Cl2NO. The summed E-state index contributed by atoms with van der Waals surface area (Å²) in [6, 6.07) is 4.04. The fraction of sp³-hybridized carbons (Fsp3) is 0.385. The molecule has 1 aromatic carbocycles. The molecule has 0 aliphatic heterocycles. The monoisotopic (exact) mass is 271 g/mol. The summed E-state index contributed by atoms with van der Waals surface area (Å²) in [5.41, 5.74) is 1.78. The maximum absolute atomic E-state index is 6.18. The lowest BCUT2D eigenvalue weighted by Gasteiger charge is -2.06. The first kappa shape index (κ1) is 12.7. The molecule has 0 bridgehead atoms. The Labute approximate surface area is 111 Å². The Morgan fingerprint density at radius 2 is 1.94 bits per heavy atom. The van der Waals surface area contributed by atoms with E-state index in [1.165, 1.54) is 0 Å². The Hall–Kier alpha value is -0.700. The second-order valence-corrected chi connectivity index (χ2v) is 5.17. The topological polar surface area (TPSA) is 25.2 Å². The molecule has 2 aromatic rings. The molecule has 2 rings (SSSR count). The lowest BCUT2D eigenvalue weighted by Crippen LogP contribution is -2.24. The van der Waals surface area contributed by atoms with Crippen molar-refractivity contribution in [2.45, 2.75) is 26.3 Å². The fourth-order valence-corrected chi connectivity index (χ4v) is 2.29. The molecule has 1 aromatic heterocycles. The maximum Gasteiger partial charge on any atom is 0.154 e. The number of benzene rings is 1. The predicted octanol–water partition coefficient (Wildman–Crippen LogP) is 4.28. The van der Waals surface area contributed by atoms with Gasteiger partial charge < -0.3 is 9.73 Å². The zero-order chi connectivity index (χ0) is 12.4. The van der Waals surface area contributed by atoms with Crippen LogP contribution in [0.25, 0.3) is 11.0 Å². The van der Waals surface area contributed by atoms with Crippen molar-refractivity contribution in [2.24, 2.45) is 0 Å². The molecule has 17 heavy (non-hydrogen) atoms. The van der Waals surface area contributed by atoms with Crippen LogP contribution in [0.3, 0.4) is 0 Å². The van der Waals surface area contributed by atoms with Crippen LogP contribution < -0.4 is 5.32 Å². The molecule has 0 unspecified atom stereocenters. The highest BCUT2D eigenvalue weighted by atomic mass is 35.5. The van der Waals surface area contributed by atoms with Gasteiger partial charge in [-0.3, -0.25) is 0 Å². The highest BCUT2D eigenvalue weighted by Crippen LogP contribution is 2.33. The third-order valence-corrected chi connectivity index (χ3v) is 3.26. The lowest BCUT2D eigenvalue weighted by atomic mass is 10.1. The van der Waals surface area contributed by atoms with E-state index in [0.717, 1.165) is 23.9 Å². The summed E-state index contributed by atoms with van der Waals surface area (Å²) >= 11 is 12.2. The molecule has 0 atom stereocenters. The average molecular weight is 272 g/mol. The molecular weight excluding hydrogens is 257 g/mol. The van der Waals surface area contributed by atoms with Gasteiger partial charge in [0.25, 0.3) is 0 Å². The summed E-state index contributed by atoms with van der Waals surface area (Å²) in [7, 11) is 0. The van der Waals surface area contributed by atoms with Crippen molar-refractivity contribution in [3.63, 3.8) is 0 Å².